The summed E-state index contributed by atoms with van der Waals surface area (Å²) in [5, 5.41) is 0. The van der Waals surface area contributed by atoms with Crippen LogP contribution in [0.3, 0.4) is 0 Å². The number of nitrogens with zero attached hydrogens (tertiary/aromatic N) is 4. The fourth-order valence-corrected chi connectivity index (χ4v) is 4.03. The van der Waals surface area contributed by atoms with E-state index >= 15 is 4.39 Å². The highest BCUT2D eigenvalue weighted by Crippen LogP contribution is 2.28. The van der Waals surface area contributed by atoms with Crippen LogP contribution in [0, 0.1) is 5.82 Å². The van der Waals surface area contributed by atoms with E-state index in [2.05, 4.69) is 24.9 Å². The Balaban J connectivity index is 1.32. The van der Waals surface area contributed by atoms with Gasteiger partial charge in [0.15, 0.2) is 5.65 Å². The van der Waals surface area contributed by atoms with Crippen LogP contribution in [0.4, 0.5) is 8.78 Å². The lowest BCUT2D eigenvalue weighted by molar-refractivity contribution is 0.142. The van der Waals surface area contributed by atoms with E-state index < -0.39 is 12.0 Å². The summed E-state index contributed by atoms with van der Waals surface area (Å²) >= 11 is 0. The number of hydrogen-bond donors (Lipinski definition) is 1. The van der Waals surface area contributed by atoms with Gasteiger partial charge in [0.2, 0.25) is 5.88 Å². The van der Waals surface area contributed by atoms with Gasteiger partial charge in [0, 0.05) is 24.0 Å². The molecule has 5 rings (SSSR count). The Labute approximate surface area is 195 Å². The van der Waals surface area contributed by atoms with Crippen LogP contribution in [0.25, 0.3) is 33.7 Å². The Hall–Kier alpha value is -3.62. The van der Waals surface area contributed by atoms with Crippen molar-refractivity contribution in [3.63, 3.8) is 0 Å². The van der Waals surface area contributed by atoms with E-state index in [9.17, 15) is 4.39 Å². The van der Waals surface area contributed by atoms with Gasteiger partial charge in [-0.3, -0.25) is 0 Å². The highest BCUT2D eigenvalue weighted by Gasteiger charge is 2.17. The Bertz CT molecular complexity index is 1270. The van der Waals surface area contributed by atoms with Gasteiger partial charge in [-0.25, -0.2) is 23.7 Å². The van der Waals surface area contributed by atoms with Gasteiger partial charge in [0.05, 0.1) is 11.1 Å². The molecule has 1 aromatic carbocycles. The van der Waals surface area contributed by atoms with Crippen LogP contribution >= 0.6 is 0 Å². The summed E-state index contributed by atoms with van der Waals surface area (Å²) < 4.78 is 39.2. The Morgan fingerprint density at radius 2 is 1.82 bits per heavy atom. The molecule has 0 bridgehead atoms. The summed E-state index contributed by atoms with van der Waals surface area (Å²) in [4.78, 5) is 20.3. The number of rotatable bonds is 7. The summed E-state index contributed by atoms with van der Waals surface area (Å²) in [6.07, 6.45) is 8.00. The van der Waals surface area contributed by atoms with Gasteiger partial charge in [-0.2, -0.15) is 4.98 Å². The minimum atomic E-state index is -1.11. The van der Waals surface area contributed by atoms with Crippen LogP contribution in [-0.4, -0.2) is 43.8 Å². The molecule has 1 fully saturated rings. The molecule has 1 aliphatic rings. The number of aromatic nitrogens is 5. The van der Waals surface area contributed by atoms with Crippen molar-refractivity contribution < 1.29 is 18.3 Å². The number of pyridine rings is 1. The van der Waals surface area contributed by atoms with Crippen molar-refractivity contribution in [2.45, 2.75) is 51.3 Å². The fraction of sp³-hybridized carbons (Fsp3) is 0.360. The van der Waals surface area contributed by atoms with Crippen LogP contribution in [0.2, 0.25) is 0 Å². The SMILES string of the molecule is CC(F)COc1ccc2[nH]c(-c3ccc(-c4cnc(OC5CCCCC5)nc4)cc3F)nc2n1. The monoisotopic (exact) mass is 465 g/mol. The van der Waals surface area contributed by atoms with E-state index in [1.807, 2.05) is 0 Å². The van der Waals surface area contributed by atoms with Crippen molar-refractivity contribution in [1.29, 1.82) is 0 Å². The molecule has 3 heterocycles. The summed E-state index contributed by atoms with van der Waals surface area (Å²) in [6.45, 7) is 1.31. The molecular weight excluding hydrogens is 440 g/mol. The molecule has 4 aromatic rings. The first-order valence-electron chi connectivity index (χ1n) is 11.5. The summed E-state index contributed by atoms with van der Waals surface area (Å²) in [7, 11) is 0. The number of alkyl halides is 1. The quantitative estimate of drug-likeness (QED) is 0.379. The first-order valence-corrected chi connectivity index (χ1v) is 11.5. The van der Waals surface area contributed by atoms with E-state index in [1.54, 1.807) is 36.7 Å². The third kappa shape index (κ3) is 4.98. The molecular formula is C25H25F2N5O2. The zero-order valence-electron chi connectivity index (χ0n) is 18.8. The molecule has 0 saturated heterocycles. The molecule has 0 aliphatic heterocycles. The van der Waals surface area contributed by atoms with Crippen molar-refractivity contribution in [1.82, 2.24) is 24.9 Å². The molecule has 1 atom stereocenters. The zero-order chi connectivity index (χ0) is 23.5. The first-order chi connectivity index (χ1) is 16.5. The van der Waals surface area contributed by atoms with Crippen molar-refractivity contribution in [3.05, 3.63) is 48.5 Å². The minimum absolute atomic E-state index is 0.0940. The molecule has 176 valence electrons. The average Bonchev–Trinajstić information content (AvgIpc) is 3.27. The fourth-order valence-electron chi connectivity index (χ4n) is 4.03. The molecule has 0 spiro atoms. The lowest BCUT2D eigenvalue weighted by atomic mass is 9.98. The average molecular weight is 466 g/mol. The van der Waals surface area contributed by atoms with Gasteiger partial charge in [-0.15, -0.1) is 0 Å². The van der Waals surface area contributed by atoms with Gasteiger partial charge in [-0.05, 0) is 56.4 Å². The second-order valence-corrected chi connectivity index (χ2v) is 8.52. The number of imidazole rings is 1. The van der Waals surface area contributed by atoms with Crippen molar-refractivity contribution >= 4 is 11.2 Å². The Kier molecular flexibility index (Phi) is 6.33. The zero-order valence-corrected chi connectivity index (χ0v) is 18.8. The van der Waals surface area contributed by atoms with E-state index in [4.69, 9.17) is 9.47 Å². The smallest absolute Gasteiger partial charge is 0.316 e. The van der Waals surface area contributed by atoms with Gasteiger partial charge < -0.3 is 14.5 Å². The first kappa shape index (κ1) is 22.2. The molecule has 34 heavy (non-hydrogen) atoms. The largest absolute Gasteiger partial charge is 0.475 e. The molecule has 1 saturated carbocycles. The van der Waals surface area contributed by atoms with E-state index in [1.165, 1.54) is 32.3 Å². The highest BCUT2D eigenvalue weighted by molar-refractivity contribution is 5.77. The maximum atomic E-state index is 15.0. The third-order valence-electron chi connectivity index (χ3n) is 5.79. The van der Waals surface area contributed by atoms with E-state index in [0.717, 1.165) is 12.8 Å². The van der Waals surface area contributed by atoms with Gasteiger partial charge in [0.1, 0.15) is 30.5 Å². The highest BCUT2D eigenvalue weighted by atomic mass is 19.1. The standard InChI is InChI=1S/C25H25F2N5O2/c1-15(26)14-33-22-10-9-21-24(31-22)32-23(30-21)19-8-7-16(11-20(19)27)17-12-28-25(29-13-17)34-18-5-3-2-4-6-18/h7-13,15,18H,2-6,14H2,1H3,(H,30,31,32). The second-order valence-electron chi connectivity index (χ2n) is 8.52. The molecule has 3 aromatic heterocycles. The van der Waals surface area contributed by atoms with Crippen LogP contribution < -0.4 is 9.47 Å². The van der Waals surface area contributed by atoms with Crippen LogP contribution in [0.15, 0.2) is 42.7 Å². The number of nitrogens with one attached hydrogen (secondary N) is 1. The van der Waals surface area contributed by atoms with Crippen LogP contribution in [0.1, 0.15) is 39.0 Å². The number of hydrogen-bond acceptors (Lipinski definition) is 6. The lowest BCUT2D eigenvalue weighted by Crippen LogP contribution is -2.20. The minimum Gasteiger partial charge on any atom is -0.475 e. The van der Waals surface area contributed by atoms with Gasteiger partial charge in [0.25, 0.3) is 0 Å². The number of aromatic amines is 1. The summed E-state index contributed by atoms with van der Waals surface area (Å²) in [6, 6.07) is 8.55. The molecule has 0 radical (unpaired) electrons. The van der Waals surface area contributed by atoms with Crippen LogP contribution in [0.5, 0.6) is 11.9 Å². The molecule has 1 N–H and O–H groups in total. The number of H-pyrrole nitrogens is 1. The van der Waals surface area contributed by atoms with Gasteiger partial charge >= 0.3 is 6.01 Å². The third-order valence-corrected chi connectivity index (χ3v) is 5.79. The summed E-state index contributed by atoms with van der Waals surface area (Å²) in [5.41, 5.74) is 2.64. The number of fused-ring (bicyclic) bond motifs is 1. The van der Waals surface area contributed by atoms with E-state index in [-0.39, 0.29) is 18.6 Å². The summed E-state index contributed by atoms with van der Waals surface area (Å²) in [5.74, 6) is 0.165. The van der Waals surface area contributed by atoms with E-state index in [0.29, 0.717) is 39.7 Å². The molecule has 1 aliphatic carbocycles. The molecule has 7 nitrogen and oxygen atoms in total. The molecule has 0 amide bonds. The Morgan fingerprint density at radius 1 is 1.03 bits per heavy atom. The normalized spacial score (nSPS) is 15.4. The van der Waals surface area contributed by atoms with Crippen molar-refractivity contribution in [2.24, 2.45) is 0 Å². The van der Waals surface area contributed by atoms with Crippen molar-refractivity contribution in [2.75, 3.05) is 6.61 Å². The number of ether oxygens (including phenoxy) is 2. The van der Waals surface area contributed by atoms with Crippen molar-refractivity contribution in [3.8, 4) is 34.4 Å². The second kappa shape index (κ2) is 9.70. The predicted molar refractivity (Wildman–Crippen MR) is 124 cm³/mol. The topological polar surface area (TPSA) is 85.8 Å². The number of halogens is 2. The maximum Gasteiger partial charge on any atom is 0.316 e. The molecule has 9 heteroatoms. The maximum absolute atomic E-state index is 15.0. The lowest BCUT2D eigenvalue weighted by Gasteiger charge is -2.21. The Morgan fingerprint density at radius 3 is 2.56 bits per heavy atom. The predicted octanol–water partition coefficient (Wildman–Crippen LogP) is 5.67. The van der Waals surface area contributed by atoms with Crippen LogP contribution in [-0.2, 0) is 0 Å². The molecule has 1 unspecified atom stereocenters. The number of benzene rings is 1. The van der Waals surface area contributed by atoms with Gasteiger partial charge in [-0.1, -0.05) is 12.5 Å².